The molecule has 0 aliphatic carbocycles. The van der Waals surface area contributed by atoms with Crippen molar-refractivity contribution >= 4 is 11.9 Å². The van der Waals surface area contributed by atoms with Crippen molar-refractivity contribution in [3.8, 4) is 34.5 Å². The van der Waals surface area contributed by atoms with Crippen molar-refractivity contribution in [1.82, 2.24) is 15.2 Å². The van der Waals surface area contributed by atoms with Crippen molar-refractivity contribution in [2.45, 2.75) is 6.29 Å². The zero-order valence-electron chi connectivity index (χ0n) is 16.0. The van der Waals surface area contributed by atoms with E-state index in [0.717, 1.165) is 6.07 Å². The number of pyridine rings is 1. The molecule has 0 saturated carbocycles. The maximum Gasteiger partial charge on any atom is 0.586 e. The van der Waals surface area contributed by atoms with Crippen LogP contribution in [0.5, 0.6) is 23.0 Å². The summed E-state index contributed by atoms with van der Waals surface area (Å²) < 4.78 is 46.0. The average molecular weight is 438 g/mol. The summed E-state index contributed by atoms with van der Waals surface area (Å²) in [4.78, 5) is 16.4. The number of carbonyl (C=O) groups is 1. The zero-order valence-corrected chi connectivity index (χ0v) is 16.0. The smallest absolute Gasteiger partial charge is 0.456 e. The number of benzene rings is 2. The van der Waals surface area contributed by atoms with E-state index in [2.05, 4.69) is 30.0 Å². The number of nitrogens with one attached hydrogen (secondary N) is 1. The minimum atomic E-state index is -3.77. The van der Waals surface area contributed by atoms with Gasteiger partial charge in [0, 0.05) is 17.3 Å². The lowest BCUT2D eigenvalue weighted by Gasteiger charge is -2.05. The van der Waals surface area contributed by atoms with Crippen LogP contribution in [0.1, 0.15) is 10.4 Å². The van der Waals surface area contributed by atoms with E-state index >= 15 is 0 Å². The number of hydrogen-bond acceptors (Lipinski definition) is 8. The van der Waals surface area contributed by atoms with Gasteiger partial charge in [0.15, 0.2) is 11.5 Å². The van der Waals surface area contributed by atoms with Gasteiger partial charge in [-0.05, 0) is 54.6 Å². The number of rotatable bonds is 5. The first-order valence-corrected chi connectivity index (χ1v) is 9.18. The van der Waals surface area contributed by atoms with E-state index in [4.69, 9.17) is 9.15 Å². The number of alkyl halides is 2. The Bertz CT molecular complexity index is 1280. The highest BCUT2D eigenvalue weighted by atomic mass is 19.3. The highest BCUT2D eigenvalue weighted by Gasteiger charge is 2.43. The molecule has 0 radical (unpaired) electrons. The molecule has 5 rings (SSSR count). The van der Waals surface area contributed by atoms with E-state index in [9.17, 15) is 13.6 Å². The molecule has 0 spiro atoms. The Hall–Kier alpha value is -4.54. The lowest BCUT2D eigenvalue weighted by molar-refractivity contribution is -0.286. The van der Waals surface area contributed by atoms with Crippen molar-refractivity contribution in [2.75, 3.05) is 5.32 Å². The molecule has 0 unspecified atom stereocenters. The summed E-state index contributed by atoms with van der Waals surface area (Å²) in [5, 5.41) is 10.1. The summed E-state index contributed by atoms with van der Waals surface area (Å²) in [6, 6.07) is 13.9. The molecule has 1 aliphatic heterocycles. The number of ether oxygens (including phenoxy) is 3. The zero-order chi connectivity index (χ0) is 22.1. The molecule has 2 aromatic heterocycles. The number of anilines is 1. The standard InChI is InChI=1S/C21H12F2N4O5/c22-21(23)31-16-8-5-13(10-17(16)32-21)18(28)25-20-27-26-19(30-20)12-3-6-14(7-4-12)29-15-2-1-9-24-11-15/h1-11H,(H,25,27,28). The number of aromatic nitrogens is 3. The fraction of sp³-hybridized carbons (Fsp3) is 0.0476. The number of carbonyl (C=O) groups excluding carboxylic acids is 1. The van der Waals surface area contributed by atoms with E-state index in [0.29, 0.717) is 17.1 Å². The Balaban J connectivity index is 1.26. The van der Waals surface area contributed by atoms with Crippen LogP contribution in [0.2, 0.25) is 0 Å². The minimum absolute atomic E-state index is 0.0432. The molecule has 32 heavy (non-hydrogen) atoms. The maximum absolute atomic E-state index is 13.1. The highest BCUT2D eigenvalue weighted by Crippen LogP contribution is 2.41. The van der Waals surface area contributed by atoms with Crippen LogP contribution in [0.25, 0.3) is 11.5 Å². The Morgan fingerprint density at radius 2 is 1.78 bits per heavy atom. The van der Waals surface area contributed by atoms with Crippen molar-refractivity contribution in [2.24, 2.45) is 0 Å². The molecule has 4 aromatic rings. The van der Waals surface area contributed by atoms with Crippen LogP contribution in [0.4, 0.5) is 14.8 Å². The third kappa shape index (κ3) is 4.03. The summed E-state index contributed by atoms with van der Waals surface area (Å²) in [5.74, 6) is 0.282. The molecule has 160 valence electrons. The fourth-order valence-electron chi connectivity index (χ4n) is 2.86. The first-order valence-electron chi connectivity index (χ1n) is 9.18. The molecule has 9 nitrogen and oxygen atoms in total. The first kappa shape index (κ1) is 19.4. The minimum Gasteiger partial charge on any atom is -0.456 e. The predicted molar refractivity (Wildman–Crippen MR) is 105 cm³/mol. The largest absolute Gasteiger partial charge is 0.586 e. The Labute approximate surface area is 178 Å². The van der Waals surface area contributed by atoms with Crippen LogP contribution in [0.15, 0.2) is 71.4 Å². The van der Waals surface area contributed by atoms with Crippen LogP contribution in [-0.2, 0) is 0 Å². The van der Waals surface area contributed by atoms with E-state index in [1.807, 2.05) is 0 Å². The van der Waals surface area contributed by atoms with E-state index in [1.54, 1.807) is 48.8 Å². The third-order valence-electron chi connectivity index (χ3n) is 4.28. The van der Waals surface area contributed by atoms with Gasteiger partial charge < -0.3 is 18.6 Å². The van der Waals surface area contributed by atoms with Gasteiger partial charge in [-0.3, -0.25) is 15.1 Å². The van der Waals surface area contributed by atoms with Crippen LogP contribution < -0.4 is 19.5 Å². The molecule has 3 heterocycles. The average Bonchev–Trinajstić information content (AvgIpc) is 3.36. The number of hydrogen-bond donors (Lipinski definition) is 1. The van der Waals surface area contributed by atoms with Crippen molar-refractivity contribution in [3.05, 3.63) is 72.6 Å². The van der Waals surface area contributed by atoms with Gasteiger partial charge in [-0.2, -0.15) is 0 Å². The first-order chi connectivity index (χ1) is 15.4. The molecule has 1 aliphatic rings. The van der Waals surface area contributed by atoms with Gasteiger partial charge in [-0.25, -0.2) is 0 Å². The summed E-state index contributed by atoms with van der Waals surface area (Å²) in [7, 11) is 0. The molecule has 1 N–H and O–H groups in total. The predicted octanol–water partition coefficient (Wildman–Crippen LogP) is 4.50. The van der Waals surface area contributed by atoms with E-state index in [-0.39, 0.29) is 29.0 Å². The topological polar surface area (TPSA) is 109 Å². The van der Waals surface area contributed by atoms with Crippen LogP contribution in [0, 0.1) is 0 Å². The second-order valence-electron chi connectivity index (χ2n) is 6.51. The molecule has 0 bridgehead atoms. The Morgan fingerprint density at radius 1 is 0.969 bits per heavy atom. The van der Waals surface area contributed by atoms with E-state index < -0.39 is 12.2 Å². The quantitative estimate of drug-likeness (QED) is 0.485. The van der Waals surface area contributed by atoms with E-state index in [1.165, 1.54) is 12.1 Å². The van der Waals surface area contributed by atoms with Crippen molar-refractivity contribution in [1.29, 1.82) is 0 Å². The Kier molecular flexibility index (Phi) is 4.62. The second-order valence-corrected chi connectivity index (χ2v) is 6.51. The molecule has 11 heteroatoms. The molecule has 1 amide bonds. The second kappa shape index (κ2) is 7.61. The van der Waals surface area contributed by atoms with Gasteiger partial charge in [-0.1, -0.05) is 5.10 Å². The SMILES string of the molecule is O=C(Nc1nnc(-c2ccc(Oc3cccnc3)cc2)o1)c1ccc2c(c1)OC(F)(F)O2. The number of fused-ring (bicyclic) bond motifs is 1. The summed E-state index contributed by atoms with van der Waals surface area (Å²) in [5.41, 5.74) is 0.642. The van der Waals surface area contributed by atoms with Crippen LogP contribution >= 0.6 is 0 Å². The highest BCUT2D eigenvalue weighted by molar-refractivity contribution is 6.03. The van der Waals surface area contributed by atoms with Crippen LogP contribution in [-0.4, -0.2) is 27.4 Å². The lowest BCUT2D eigenvalue weighted by atomic mass is 10.2. The summed E-state index contributed by atoms with van der Waals surface area (Å²) in [6.07, 6.45) is -0.531. The van der Waals surface area contributed by atoms with Gasteiger partial charge >= 0.3 is 12.3 Å². The normalized spacial score (nSPS) is 13.6. The lowest BCUT2D eigenvalue weighted by Crippen LogP contribution is -2.25. The molecular weight excluding hydrogens is 426 g/mol. The van der Waals surface area contributed by atoms with Gasteiger partial charge in [0.05, 0.1) is 6.20 Å². The van der Waals surface area contributed by atoms with Gasteiger partial charge in [-0.15, -0.1) is 13.9 Å². The van der Waals surface area contributed by atoms with Crippen LogP contribution in [0.3, 0.4) is 0 Å². The summed E-state index contributed by atoms with van der Waals surface area (Å²) >= 11 is 0. The molecular formula is C21H12F2N4O5. The van der Waals surface area contributed by atoms with Gasteiger partial charge in [0.1, 0.15) is 11.5 Å². The van der Waals surface area contributed by atoms with Crippen molar-refractivity contribution in [3.63, 3.8) is 0 Å². The fourth-order valence-corrected chi connectivity index (χ4v) is 2.86. The number of nitrogens with zero attached hydrogens (tertiary/aromatic N) is 3. The Morgan fingerprint density at radius 3 is 2.56 bits per heavy atom. The molecule has 0 atom stereocenters. The molecule has 2 aromatic carbocycles. The van der Waals surface area contributed by atoms with Gasteiger partial charge in [0.2, 0.25) is 5.89 Å². The van der Waals surface area contributed by atoms with Crippen molar-refractivity contribution < 1.29 is 32.2 Å². The number of amides is 1. The van der Waals surface area contributed by atoms with Gasteiger partial charge in [0.25, 0.3) is 5.91 Å². The monoisotopic (exact) mass is 438 g/mol. The third-order valence-corrected chi connectivity index (χ3v) is 4.28. The summed E-state index contributed by atoms with van der Waals surface area (Å²) in [6.45, 7) is 0. The molecule has 0 saturated heterocycles. The maximum atomic E-state index is 13.1. The molecule has 0 fully saturated rings. The number of halogens is 2.